The van der Waals surface area contributed by atoms with Crippen LogP contribution in [0.5, 0.6) is 5.75 Å². The number of anilines is 1. The molecule has 2 unspecified atom stereocenters. The number of aliphatic carboxylic acids is 1. The van der Waals surface area contributed by atoms with Crippen molar-refractivity contribution in [2.45, 2.75) is 19.1 Å². The summed E-state index contributed by atoms with van der Waals surface area (Å²) in [6.07, 6.45) is -1.14. The smallest absolute Gasteiger partial charge is 0.347 e. The average Bonchev–Trinajstić information content (AvgIpc) is 2.21. The van der Waals surface area contributed by atoms with E-state index in [0.29, 0.717) is 0 Å². The number of fused-ring (bicyclic) bond motifs is 1. The lowest BCUT2D eigenvalue weighted by Crippen LogP contribution is -2.50. The number of rotatable bonds is 1. The summed E-state index contributed by atoms with van der Waals surface area (Å²) in [5.74, 6) is -2.82. The van der Waals surface area contributed by atoms with E-state index >= 15 is 0 Å². The highest BCUT2D eigenvalue weighted by Gasteiger charge is 2.37. The molecule has 0 radical (unpaired) electrons. The van der Waals surface area contributed by atoms with Gasteiger partial charge in [0.15, 0.2) is 5.82 Å². The van der Waals surface area contributed by atoms with Gasteiger partial charge in [-0.1, -0.05) is 0 Å². The zero-order valence-corrected chi connectivity index (χ0v) is 9.28. The lowest BCUT2D eigenvalue weighted by atomic mass is 10.1. The lowest BCUT2D eigenvalue weighted by Gasteiger charge is -2.37. The average molecular weight is 243 g/mol. The van der Waals surface area contributed by atoms with E-state index in [1.54, 1.807) is 14.0 Å². The molecule has 1 aliphatic heterocycles. The SMILES string of the molecule is CC1C(C(=O)O)Oc2cc(F)cc(F)c2N1C. The van der Waals surface area contributed by atoms with E-state index in [1.807, 2.05) is 0 Å². The van der Waals surface area contributed by atoms with Crippen LogP contribution in [0.2, 0.25) is 0 Å². The number of carboxylic acids is 1. The molecule has 0 amide bonds. The first-order chi connectivity index (χ1) is 7.91. The summed E-state index contributed by atoms with van der Waals surface area (Å²) >= 11 is 0. The molecule has 2 rings (SSSR count). The zero-order valence-electron chi connectivity index (χ0n) is 9.28. The van der Waals surface area contributed by atoms with Crippen molar-refractivity contribution in [2.24, 2.45) is 0 Å². The molecule has 0 spiro atoms. The van der Waals surface area contributed by atoms with Crippen molar-refractivity contribution >= 4 is 11.7 Å². The van der Waals surface area contributed by atoms with Gasteiger partial charge in [-0.25, -0.2) is 13.6 Å². The highest BCUT2D eigenvalue weighted by molar-refractivity contribution is 5.77. The molecule has 1 aromatic carbocycles. The number of benzene rings is 1. The van der Waals surface area contributed by atoms with E-state index in [9.17, 15) is 13.6 Å². The lowest BCUT2D eigenvalue weighted by molar-refractivity contribution is -0.146. The summed E-state index contributed by atoms with van der Waals surface area (Å²) in [6, 6.07) is 1.18. The molecule has 17 heavy (non-hydrogen) atoms. The Labute approximate surface area is 96.4 Å². The molecule has 4 nitrogen and oxygen atoms in total. The Balaban J connectivity index is 2.52. The minimum Gasteiger partial charge on any atom is -0.478 e. The first-order valence-corrected chi connectivity index (χ1v) is 5.03. The second-order valence-electron chi connectivity index (χ2n) is 3.96. The van der Waals surface area contributed by atoms with Crippen molar-refractivity contribution in [3.8, 4) is 5.75 Å². The normalized spacial score (nSPS) is 22.9. The molecular formula is C11H11F2NO3. The van der Waals surface area contributed by atoms with Gasteiger partial charge in [-0.2, -0.15) is 0 Å². The monoisotopic (exact) mass is 243 g/mol. The topological polar surface area (TPSA) is 49.8 Å². The molecule has 0 saturated carbocycles. The Morgan fingerprint density at radius 3 is 2.71 bits per heavy atom. The second kappa shape index (κ2) is 3.87. The van der Waals surface area contributed by atoms with Crippen LogP contribution in [0.4, 0.5) is 14.5 Å². The summed E-state index contributed by atoms with van der Waals surface area (Å²) < 4.78 is 31.7. The van der Waals surface area contributed by atoms with Crippen LogP contribution in [0, 0.1) is 11.6 Å². The quantitative estimate of drug-likeness (QED) is 0.814. The molecule has 1 N–H and O–H groups in total. The Kier molecular flexibility index (Phi) is 2.65. The van der Waals surface area contributed by atoms with Crippen LogP contribution in [0.1, 0.15) is 6.92 Å². The van der Waals surface area contributed by atoms with E-state index in [0.717, 1.165) is 12.1 Å². The van der Waals surface area contributed by atoms with Crippen LogP contribution >= 0.6 is 0 Å². The number of nitrogens with zero attached hydrogens (tertiary/aromatic N) is 1. The molecule has 1 aliphatic rings. The van der Waals surface area contributed by atoms with E-state index in [1.165, 1.54) is 4.90 Å². The standard InChI is InChI=1S/C11H11F2NO3/c1-5-10(11(15)16)17-8-4-6(12)3-7(13)9(8)14(5)2/h3-5,10H,1-2H3,(H,15,16). The number of ether oxygens (including phenoxy) is 1. The number of hydrogen-bond donors (Lipinski definition) is 1. The maximum Gasteiger partial charge on any atom is 0.347 e. The molecule has 0 saturated heterocycles. The molecule has 1 heterocycles. The minimum atomic E-state index is -1.17. The van der Waals surface area contributed by atoms with Gasteiger partial charge in [-0.05, 0) is 6.92 Å². The molecule has 0 fully saturated rings. The summed E-state index contributed by atoms with van der Waals surface area (Å²) in [5, 5.41) is 8.95. The molecule has 2 atom stereocenters. The van der Waals surface area contributed by atoms with Crippen LogP contribution < -0.4 is 9.64 Å². The first-order valence-electron chi connectivity index (χ1n) is 5.03. The Morgan fingerprint density at radius 1 is 1.47 bits per heavy atom. The van der Waals surface area contributed by atoms with Crippen LogP contribution in [-0.2, 0) is 4.79 Å². The highest BCUT2D eigenvalue weighted by Crippen LogP contribution is 2.38. The molecule has 0 aromatic heterocycles. The van der Waals surface area contributed by atoms with Crippen LogP contribution in [0.15, 0.2) is 12.1 Å². The van der Waals surface area contributed by atoms with Crippen LogP contribution in [0.25, 0.3) is 0 Å². The molecule has 92 valence electrons. The third-order valence-electron chi connectivity index (χ3n) is 2.89. The van der Waals surface area contributed by atoms with Gasteiger partial charge < -0.3 is 14.7 Å². The fourth-order valence-electron chi connectivity index (χ4n) is 1.87. The first kappa shape index (κ1) is 11.6. The molecule has 1 aromatic rings. The van der Waals surface area contributed by atoms with Crippen LogP contribution in [0.3, 0.4) is 0 Å². The molecule has 0 aliphatic carbocycles. The number of carboxylic acid groups (broad SMARTS) is 1. The van der Waals surface area contributed by atoms with Crippen molar-refractivity contribution in [2.75, 3.05) is 11.9 Å². The third-order valence-corrected chi connectivity index (χ3v) is 2.89. The number of halogens is 2. The van der Waals surface area contributed by atoms with E-state index in [-0.39, 0.29) is 11.4 Å². The Hall–Kier alpha value is -1.85. The minimum absolute atomic E-state index is 0.0800. The van der Waals surface area contributed by atoms with Crippen LogP contribution in [-0.4, -0.2) is 30.3 Å². The van der Waals surface area contributed by atoms with Gasteiger partial charge in [0, 0.05) is 19.2 Å². The number of carbonyl (C=O) groups is 1. The maximum atomic E-state index is 13.6. The van der Waals surface area contributed by atoms with Gasteiger partial charge >= 0.3 is 5.97 Å². The fraction of sp³-hybridized carbons (Fsp3) is 0.364. The van der Waals surface area contributed by atoms with Crippen molar-refractivity contribution < 1.29 is 23.4 Å². The number of hydrogen-bond acceptors (Lipinski definition) is 3. The summed E-state index contributed by atoms with van der Waals surface area (Å²) in [4.78, 5) is 12.4. The zero-order chi connectivity index (χ0) is 12.7. The van der Waals surface area contributed by atoms with Crippen molar-refractivity contribution in [1.29, 1.82) is 0 Å². The van der Waals surface area contributed by atoms with Gasteiger partial charge in [0.2, 0.25) is 6.10 Å². The van der Waals surface area contributed by atoms with Crippen molar-refractivity contribution in [1.82, 2.24) is 0 Å². The van der Waals surface area contributed by atoms with Gasteiger partial charge in [0.1, 0.15) is 17.3 Å². The van der Waals surface area contributed by atoms with Gasteiger partial charge in [0.25, 0.3) is 0 Å². The largest absolute Gasteiger partial charge is 0.478 e. The van der Waals surface area contributed by atoms with Crippen molar-refractivity contribution in [3.05, 3.63) is 23.8 Å². The second-order valence-corrected chi connectivity index (χ2v) is 3.96. The third kappa shape index (κ3) is 1.79. The molecule has 6 heteroatoms. The van der Waals surface area contributed by atoms with Gasteiger partial charge in [-0.3, -0.25) is 0 Å². The van der Waals surface area contributed by atoms with E-state index in [4.69, 9.17) is 9.84 Å². The molecular weight excluding hydrogens is 232 g/mol. The summed E-state index contributed by atoms with van der Waals surface area (Å²) in [7, 11) is 1.54. The maximum absolute atomic E-state index is 13.6. The van der Waals surface area contributed by atoms with E-state index < -0.39 is 29.7 Å². The highest BCUT2D eigenvalue weighted by atomic mass is 19.1. The predicted octanol–water partition coefficient (Wildman–Crippen LogP) is 1.64. The van der Waals surface area contributed by atoms with E-state index in [2.05, 4.69) is 0 Å². The summed E-state index contributed by atoms with van der Waals surface area (Å²) in [5.41, 5.74) is 0.0800. The Bertz CT molecular complexity index is 478. The summed E-state index contributed by atoms with van der Waals surface area (Å²) in [6.45, 7) is 1.60. The fourth-order valence-corrected chi connectivity index (χ4v) is 1.87. The molecule has 0 bridgehead atoms. The van der Waals surface area contributed by atoms with Crippen molar-refractivity contribution in [3.63, 3.8) is 0 Å². The number of likely N-dealkylation sites (N-methyl/N-ethyl adjacent to an activating group) is 1. The van der Waals surface area contributed by atoms with Gasteiger partial charge in [-0.15, -0.1) is 0 Å². The van der Waals surface area contributed by atoms with Gasteiger partial charge in [0.05, 0.1) is 6.04 Å². The predicted molar refractivity (Wildman–Crippen MR) is 56.3 cm³/mol. The Morgan fingerprint density at radius 2 is 2.12 bits per heavy atom.